The molecular formula is C26H24ClN3O4S. The zero-order valence-corrected chi connectivity index (χ0v) is 21.3. The fourth-order valence-corrected chi connectivity index (χ4v) is 4.60. The Kier molecular flexibility index (Phi) is 6.78. The van der Waals surface area contributed by atoms with Crippen LogP contribution < -0.4 is 10.9 Å². The fraction of sp³-hybridized carbons (Fsp3) is 0.231. The predicted molar refractivity (Wildman–Crippen MR) is 139 cm³/mol. The van der Waals surface area contributed by atoms with Crippen LogP contribution in [-0.4, -0.2) is 28.3 Å². The van der Waals surface area contributed by atoms with Crippen molar-refractivity contribution in [2.75, 3.05) is 11.9 Å². The van der Waals surface area contributed by atoms with Gasteiger partial charge in [0.25, 0.3) is 11.5 Å². The maximum Gasteiger partial charge on any atom is 0.359 e. The Labute approximate surface area is 211 Å². The van der Waals surface area contributed by atoms with Crippen LogP contribution in [-0.2, 0) is 10.2 Å². The van der Waals surface area contributed by atoms with E-state index in [-0.39, 0.29) is 29.0 Å². The number of benzene rings is 2. The number of hydrogen-bond donors (Lipinski definition) is 1. The first-order chi connectivity index (χ1) is 16.6. The van der Waals surface area contributed by atoms with Crippen molar-refractivity contribution in [3.8, 4) is 5.69 Å². The summed E-state index contributed by atoms with van der Waals surface area (Å²) in [6.07, 6.45) is 0. The van der Waals surface area contributed by atoms with E-state index in [0.29, 0.717) is 26.7 Å². The van der Waals surface area contributed by atoms with Crippen molar-refractivity contribution in [2.24, 2.45) is 0 Å². The van der Waals surface area contributed by atoms with Crippen molar-refractivity contribution in [3.05, 3.63) is 86.1 Å². The molecule has 9 heteroatoms. The molecule has 0 atom stereocenters. The summed E-state index contributed by atoms with van der Waals surface area (Å²) in [7, 11) is 0. The highest BCUT2D eigenvalue weighted by atomic mass is 35.5. The van der Waals surface area contributed by atoms with Gasteiger partial charge in [0.15, 0.2) is 5.69 Å². The summed E-state index contributed by atoms with van der Waals surface area (Å²) < 4.78 is 6.28. The lowest BCUT2D eigenvalue weighted by Gasteiger charge is -2.19. The molecule has 2 aromatic heterocycles. The van der Waals surface area contributed by atoms with Gasteiger partial charge in [0.05, 0.1) is 17.7 Å². The average Bonchev–Trinajstić information content (AvgIpc) is 3.24. The monoisotopic (exact) mass is 509 g/mol. The quantitative estimate of drug-likeness (QED) is 0.342. The number of rotatable bonds is 5. The van der Waals surface area contributed by atoms with Crippen molar-refractivity contribution in [1.82, 2.24) is 9.78 Å². The maximum atomic E-state index is 13.5. The lowest BCUT2D eigenvalue weighted by molar-refractivity contribution is 0.0520. The Morgan fingerprint density at radius 1 is 1.09 bits per heavy atom. The number of thiophene rings is 1. The normalized spacial score (nSPS) is 11.5. The molecular weight excluding hydrogens is 486 g/mol. The van der Waals surface area contributed by atoms with Gasteiger partial charge in [-0.25, -0.2) is 4.79 Å². The molecule has 0 fully saturated rings. The van der Waals surface area contributed by atoms with Gasteiger partial charge in [-0.3, -0.25) is 9.59 Å². The summed E-state index contributed by atoms with van der Waals surface area (Å²) in [4.78, 5) is 39.1. The minimum atomic E-state index is -0.659. The molecule has 4 aromatic rings. The smallest absolute Gasteiger partial charge is 0.359 e. The maximum absolute atomic E-state index is 13.5. The summed E-state index contributed by atoms with van der Waals surface area (Å²) in [5.74, 6) is -1.02. The molecule has 0 saturated heterocycles. The zero-order valence-electron chi connectivity index (χ0n) is 19.7. The summed E-state index contributed by atoms with van der Waals surface area (Å²) >= 11 is 7.14. The Morgan fingerprint density at radius 2 is 1.74 bits per heavy atom. The molecule has 0 unspecified atom stereocenters. The van der Waals surface area contributed by atoms with Gasteiger partial charge in [-0.05, 0) is 54.3 Å². The van der Waals surface area contributed by atoms with Crippen LogP contribution in [0.4, 0.5) is 5.00 Å². The van der Waals surface area contributed by atoms with Crippen molar-refractivity contribution in [2.45, 2.75) is 33.1 Å². The van der Waals surface area contributed by atoms with E-state index < -0.39 is 11.5 Å². The number of carbonyl (C=O) groups excluding carboxylic acids is 2. The molecule has 2 aromatic carbocycles. The zero-order chi connectivity index (χ0) is 25.3. The molecule has 0 radical (unpaired) electrons. The van der Waals surface area contributed by atoms with Crippen LogP contribution in [0, 0.1) is 0 Å². The Hall–Kier alpha value is -3.49. The second-order valence-corrected chi connectivity index (χ2v) is 10.2. The lowest BCUT2D eigenvalue weighted by atomic mass is 9.87. The molecule has 0 saturated carbocycles. The number of nitrogens with one attached hydrogen (secondary N) is 1. The highest BCUT2D eigenvalue weighted by Crippen LogP contribution is 2.31. The van der Waals surface area contributed by atoms with Gasteiger partial charge in [-0.1, -0.05) is 44.5 Å². The van der Waals surface area contributed by atoms with Gasteiger partial charge in [0.1, 0.15) is 5.00 Å². The topological polar surface area (TPSA) is 90.3 Å². The molecule has 180 valence electrons. The van der Waals surface area contributed by atoms with E-state index >= 15 is 0 Å². The minimum Gasteiger partial charge on any atom is -0.461 e. The van der Waals surface area contributed by atoms with E-state index in [2.05, 4.69) is 31.2 Å². The third-order valence-corrected chi connectivity index (χ3v) is 6.58. The molecule has 0 spiro atoms. The standard InChI is InChI=1S/C26H24ClN3O4S/c1-5-34-25(33)21-19-14-35-23(28-22(31)15-6-8-16(9-7-15)26(2,3)4)20(19)24(32)30(29-21)18-12-10-17(27)11-13-18/h6-14H,5H2,1-4H3,(H,28,31). The van der Waals surface area contributed by atoms with Crippen LogP contribution in [0.15, 0.2) is 58.7 Å². The van der Waals surface area contributed by atoms with Crippen molar-refractivity contribution < 1.29 is 14.3 Å². The van der Waals surface area contributed by atoms with Crippen LogP contribution in [0.25, 0.3) is 16.5 Å². The highest BCUT2D eigenvalue weighted by molar-refractivity contribution is 7.16. The second-order valence-electron chi connectivity index (χ2n) is 8.90. The first-order valence-corrected chi connectivity index (χ1v) is 12.3. The van der Waals surface area contributed by atoms with E-state index in [0.717, 1.165) is 21.6 Å². The first-order valence-electron chi connectivity index (χ1n) is 11.0. The first kappa shape index (κ1) is 24.6. The van der Waals surface area contributed by atoms with Gasteiger partial charge in [-0.2, -0.15) is 9.78 Å². The number of nitrogens with zero attached hydrogens (tertiary/aromatic N) is 2. The largest absolute Gasteiger partial charge is 0.461 e. The fourth-order valence-electron chi connectivity index (χ4n) is 3.55. The van der Waals surface area contributed by atoms with Crippen LogP contribution in [0.1, 0.15) is 54.1 Å². The molecule has 0 aliphatic carbocycles. The number of esters is 1. The molecule has 0 bridgehead atoms. The number of hydrogen-bond acceptors (Lipinski definition) is 6. The van der Waals surface area contributed by atoms with E-state index in [4.69, 9.17) is 16.3 Å². The van der Waals surface area contributed by atoms with Crippen molar-refractivity contribution in [3.63, 3.8) is 0 Å². The Bertz CT molecular complexity index is 1470. The molecule has 2 heterocycles. The Morgan fingerprint density at radius 3 is 2.34 bits per heavy atom. The van der Waals surface area contributed by atoms with E-state index in [1.165, 1.54) is 0 Å². The van der Waals surface area contributed by atoms with Crippen LogP contribution >= 0.6 is 22.9 Å². The molecule has 1 N–H and O–H groups in total. The number of carbonyl (C=O) groups is 2. The van der Waals surface area contributed by atoms with E-state index in [9.17, 15) is 14.4 Å². The summed E-state index contributed by atoms with van der Waals surface area (Å²) in [6.45, 7) is 8.14. The SMILES string of the molecule is CCOC(=O)c1nn(-c2ccc(Cl)cc2)c(=O)c2c(NC(=O)c3ccc(C(C)(C)C)cc3)scc12. The molecule has 4 rings (SSSR count). The van der Waals surface area contributed by atoms with Gasteiger partial charge in [0, 0.05) is 21.4 Å². The molecule has 0 aliphatic heterocycles. The third kappa shape index (κ3) is 4.99. The van der Waals surface area contributed by atoms with Gasteiger partial charge in [-0.15, -0.1) is 11.3 Å². The van der Waals surface area contributed by atoms with E-state index in [1.54, 1.807) is 48.7 Å². The van der Waals surface area contributed by atoms with Gasteiger partial charge >= 0.3 is 5.97 Å². The summed E-state index contributed by atoms with van der Waals surface area (Å²) in [5, 5.41) is 10.1. The summed E-state index contributed by atoms with van der Waals surface area (Å²) in [5.41, 5.74) is 1.46. The number of fused-ring (bicyclic) bond motifs is 1. The van der Waals surface area contributed by atoms with Crippen LogP contribution in [0.5, 0.6) is 0 Å². The third-order valence-electron chi connectivity index (χ3n) is 5.43. The molecule has 35 heavy (non-hydrogen) atoms. The highest BCUT2D eigenvalue weighted by Gasteiger charge is 2.23. The number of ether oxygens (including phenoxy) is 1. The molecule has 1 amide bonds. The molecule has 0 aliphatic rings. The van der Waals surface area contributed by atoms with Gasteiger partial charge in [0.2, 0.25) is 0 Å². The lowest BCUT2D eigenvalue weighted by Crippen LogP contribution is -2.25. The summed E-state index contributed by atoms with van der Waals surface area (Å²) in [6, 6.07) is 13.8. The van der Waals surface area contributed by atoms with Crippen molar-refractivity contribution >= 4 is 50.6 Å². The number of anilines is 1. The van der Waals surface area contributed by atoms with E-state index in [1.807, 2.05) is 12.1 Å². The Balaban J connectivity index is 1.80. The number of halogens is 1. The average molecular weight is 510 g/mol. The number of aromatic nitrogens is 2. The van der Waals surface area contributed by atoms with Crippen LogP contribution in [0.2, 0.25) is 5.02 Å². The molecule has 7 nitrogen and oxygen atoms in total. The number of amides is 1. The van der Waals surface area contributed by atoms with Crippen molar-refractivity contribution in [1.29, 1.82) is 0 Å². The predicted octanol–water partition coefficient (Wildman–Crippen LogP) is 5.83. The van der Waals surface area contributed by atoms with Crippen LogP contribution in [0.3, 0.4) is 0 Å². The second kappa shape index (κ2) is 9.64. The van der Waals surface area contributed by atoms with Gasteiger partial charge < -0.3 is 10.1 Å². The minimum absolute atomic E-state index is 0.0114.